The highest BCUT2D eigenvalue weighted by Gasteiger charge is 2.47. The Hall–Kier alpha value is -2.32. The van der Waals surface area contributed by atoms with Gasteiger partial charge in [-0.3, -0.25) is 0 Å². The Labute approximate surface area is 197 Å². The van der Waals surface area contributed by atoms with Crippen LogP contribution in [0.3, 0.4) is 0 Å². The molecule has 2 heterocycles. The first-order valence-corrected chi connectivity index (χ1v) is 13.3. The number of hydrogen-bond donors (Lipinski definition) is 0. The molecule has 0 radical (unpaired) electrons. The molecule has 2 nitrogen and oxygen atoms in total. The van der Waals surface area contributed by atoms with Crippen LogP contribution in [-0.2, 0) is 17.6 Å². The lowest BCUT2D eigenvalue weighted by Gasteiger charge is -2.30. The first-order valence-electron chi connectivity index (χ1n) is 13.3. The second-order valence-electron chi connectivity index (χ2n) is 11.0. The van der Waals surface area contributed by atoms with Crippen molar-refractivity contribution in [1.82, 2.24) is 4.57 Å². The molecule has 0 N–H and O–H groups in total. The zero-order chi connectivity index (χ0) is 21.9. The molecule has 1 aliphatic heterocycles. The van der Waals surface area contributed by atoms with Gasteiger partial charge >= 0.3 is 0 Å². The van der Waals surface area contributed by atoms with E-state index in [1.54, 1.807) is 11.3 Å². The number of fused-ring (bicyclic) bond motifs is 6. The van der Waals surface area contributed by atoms with Gasteiger partial charge in [0.1, 0.15) is 0 Å². The van der Waals surface area contributed by atoms with Crippen molar-refractivity contribution in [3.63, 3.8) is 0 Å². The quantitative estimate of drug-likeness (QED) is 0.448. The summed E-state index contributed by atoms with van der Waals surface area (Å²) in [4.78, 5) is 0. The van der Waals surface area contributed by atoms with Crippen LogP contribution in [0.1, 0.15) is 68.3 Å². The van der Waals surface area contributed by atoms with Crippen LogP contribution in [0.5, 0.6) is 0 Å². The smallest absolute Gasteiger partial charge is 0.0867 e. The molecular formula is C31H35NO. The lowest BCUT2D eigenvalue weighted by atomic mass is 9.72. The minimum Gasteiger partial charge on any atom is -0.366 e. The molecule has 1 aromatic carbocycles. The van der Waals surface area contributed by atoms with E-state index in [4.69, 9.17) is 4.74 Å². The normalized spacial score (nSPS) is 34.8. The lowest BCUT2D eigenvalue weighted by Crippen LogP contribution is -2.27. The number of benzene rings is 1. The third kappa shape index (κ3) is 3.17. The number of aryl methyl sites for hydroxylation is 1. The van der Waals surface area contributed by atoms with Crippen LogP contribution >= 0.6 is 0 Å². The standard InChI is InChI=1S/C31H35NO/c1-20-14-17-30-27(18-20)25-12-7-11-23(31(25)33-30)21-15-16-29-26(19-21)24-10-5-6-13-28(24)32(29)22-8-3-2-4-9-22/h2-4,8,11,14-17,19-20,22,25,27,30-31H,5-7,9-10,12-13,18H2,1H3/t20-,22?,25?,27?,30?,31?/m1/s1. The van der Waals surface area contributed by atoms with E-state index in [1.165, 1.54) is 67.0 Å². The first-order chi connectivity index (χ1) is 16.3. The molecule has 2 heteroatoms. The van der Waals surface area contributed by atoms with Gasteiger partial charge in [-0.15, -0.1) is 0 Å². The predicted molar refractivity (Wildman–Crippen MR) is 136 cm³/mol. The van der Waals surface area contributed by atoms with E-state index in [2.05, 4.69) is 72.2 Å². The lowest BCUT2D eigenvalue weighted by molar-refractivity contribution is 0.0823. The Kier molecular flexibility index (Phi) is 4.79. The fourth-order valence-corrected chi connectivity index (χ4v) is 7.54. The summed E-state index contributed by atoms with van der Waals surface area (Å²) in [6.07, 6.45) is 26.9. The van der Waals surface area contributed by atoms with Crippen molar-refractivity contribution < 1.29 is 4.74 Å². The van der Waals surface area contributed by atoms with Crippen LogP contribution in [0.2, 0.25) is 0 Å². The Morgan fingerprint density at radius 1 is 1.00 bits per heavy atom. The number of hydrogen-bond acceptors (Lipinski definition) is 1. The van der Waals surface area contributed by atoms with Crippen molar-refractivity contribution in [1.29, 1.82) is 0 Å². The molecular weight excluding hydrogens is 402 g/mol. The van der Waals surface area contributed by atoms with Gasteiger partial charge in [0.15, 0.2) is 0 Å². The monoisotopic (exact) mass is 437 g/mol. The topological polar surface area (TPSA) is 14.2 Å². The van der Waals surface area contributed by atoms with Crippen LogP contribution in [0.25, 0.3) is 16.5 Å². The zero-order valence-corrected chi connectivity index (χ0v) is 19.7. The van der Waals surface area contributed by atoms with Crippen molar-refractivity contribution in [2.75, 3.05) is 0 Å². The highest BCUT2D eigenvalue weighted by Crippen LogP contribution is 2.49. The van der Waals surface area contributed by atoms with Crippen molar-refractivity contribution in [3.8, 4) is 0 Å². The van der Waals surface area contributed by atoms with E-state index in [0.29, 0.717) is 29.9 Å². The van der Waals surface area contributed by atoms with Crippen molar-refractivity contribution >= 4 is 16.5 Å². The molecule has 0 amide bonds. The van der Waals surface area contributed by atoms with Gasteiger partial charge in [0.05, 0.1) is 18.2 Å². The maximum Gasteiger partial charge on any atom is 0.0867 e. The van der Waals surface area contributed by atoms with Gasteiger partial charge in [0.25, 0.3) is 0 Å². The van der Waals surface area contributed by atoms with Crippen molar-refractivity contribution in [2.24, 2.45) is 17.8 Å². The molecule has 2 aromatic rings. The maximum absolute atomic E-state index is 6.73. The second-order valence-corrected chi connectivity index (χ2v) is 11.0. The Balaban J connectivity index is 1.30. The molecule has 5 aliphatic rings. The van der Waals surface area contributed by atoms with E-state index in [0.717, 1.165) is 6.42 Å². The molecule has 0 bridgehead atoms. The summed E-state index contributed by atoms with van der Waals surface area (Å²) in [5.41, 5.74) is 7.50. The molecule has 1 aromatic heterocycles. The number of rotatable bonds is 2. The highest BCUT2D eigenvalue weighted by molar-refractivity contribution is 5.90. The predicted octanol–water partition coefficient (Wildman–Crippen LogP) is 7.35. The number of ether oxygens (including phenoxy) is 1. The van der Waals surface area contributed by atoms with Crippen molar-refractivity contribution in [3.05, 3.63) is 77.6 Å². The highest BCUT2D eigenvalue weighted by atomic mass is 16.5. The van der Waals surface area contributed by atoms with Gasteiger partial charge in [-0.2, -0.15) is 0 Å². The largest absolute Gasteiger partial charge is 0.366 e. The number of nitrogens with zero attached hydrogens (tertiary/aromatic N) is 1. The fraction of sp³-hybridized carbons (Fsp3) is 0.484. The van der Waals surface area contributed by atoms with E-state index in [-0.39, 0.29) is 6.10 Å². The van der Waals surface area contributed by atoms with Crippen LogP contribution in [0, 0.1) is 17.8 Å². The Morgan fingerprint density at radius 2 is 1.94 bits per heavy atom. The molecule has 1 fully saturated rings. The van der Waals surface area contributed by atoms with Gasteiger partial charge in [-0.1, -0.05) is 55.5 Å². The van der Waals surface area contributed by atoms with Gasteiger partial charge in [-0.25, -0.2) is 0 Å². The number of aromatic nitrogens is 1. The van der Waals surface area contributed by atoms with Gasteiger partial charge in [0.2, 0.25) is 0 Å². The van der Waals surface area contributed by atoms with E-state index < -0.39 is 0 Å². The van der Waals surface area contributed by atoms with Crippen molar-refractivity contribution in [2.45, 2.75) is 76.5 Å². The number of allylic oxidation sites excluding steroid dienone is 6. The summed E-state index contributed by atoms with van der Waals surface area (Å²) in [6, 6.07) is 7.79. The summed E-state index contributed by atoms with van der Waals surface area (Å²) in [7, 11) is 0. The second kappa shape index (κ2) is 7.87. The summed E-state index contributed by atoms with van der Waals surface area (Å²) in [5.74, 6) is 2.06. The van der Waals surface area contributed by atoms with Crippen LogP contribution in [0.4, 0.5) is 0 Å². The molecule has 7 rings (SSSR count). The third-order valence-electron chi connectivity index (χ3n) is 9.04. The van der Waals surface area contributed by atoms with E-state index in [9.17, 15) is 0 Å². The molecule has 1 saturated heterocycles. The Morgan fingerprint density at radius 3 is 2.85 bits per heavy atom. The Bertz CT molecular complexity index is 1210. The SMILES string of the molecule is C[C@@H]1C=CC2OC3C(c4ccc5c(c4)c4c(n5C5C=CC=CC5)CCCC4)=CCCC3C2C1. The van der Waals surface area contributed by atoms with E-state index >= 15 is 0 Å². The molecule has 170 valence electrons. The summed E-state index contributed by atoms with van der Waals surface area (Å²) < 4.78 is 9.40. The van der Waals surface area contributed by atoms with Gasteiger partial charge < -0.3 is 9.30 Å². The van der Waals surface area contributed by atoms with Crippen LogP contribution in [-0.4, -0.2) is 16.8 Å². The molecule has 6 atom stereocenters. The molecule has 0 saturated carbocycles. The summed E-state index contributed by atoms with van der Waals surface area (Å²) in [5, 5.41) is 1.50. The van der Waals surface area contributed by atoms with Crippen LogP contribution in [0.15, 0.2) is 60.7 Å². The minimum absolute atomic E-state index is 0.269. The molecule has 4 aliphatic carbocycles. The van der Waals surface area contributed by atoms with Gasteiger partial charge in [0, 0.05) is 16.6 Å². The van der Waals surface area contributed by atoms with Gasteiger partial charge in [-0.05, 0) is 98.0 Å². The zero-order valence-electron chi connectivity index (χ0n) is 19.7. The summed E-state index contributed by atoms with van der Waals surface area (Å²) >= 11 is 0. The average Bonchev–Trinajstić information content (AvgIpc) is 3.39. The van der Waals surface area contributed by atoms with E-state index in [1.807, 2.05) is 0 Å². The summed E-state index contributed by atoms with van der Waals surface area (Å²) in [6.45, 7) is 2.36. The molecule has 33 heavy (non-hydrogen) atoms. The molecule has 0 spiro atoms. The average molecular weight is 438 g/mol. The fourth-order valence-electron chi connectivity index (χ4n) is 7.54. The molecule has 5 unspecified atom stereocenters. The minimum atomic E-state index is 0.269. The first kappa shape index (κ1) is 20.1. The maximum atomic E-state index is 6.73. The van der Waals surface area contributed by atoms with Crippen LogP contribution < -0.4 is 0 Å². The third-order valence-corrected chi connectivity index (χ3v) is 9.04.